The van der Waals surface area contributed by atoms with Crippen molar-refractivity contribution >= 4 is 23.5 Å². The van der Waals surface area contributed by atoms with Crippen molar-refractivity contribution in [1.82, 2.24) is 14.8 Å². The fraction of sp³-hybridized carbons (Fsp3) is 0.286. The van der Waals surface area contributed by atoms with Crippen LogP contribution in [0.3, 0.4) is 0 Å². The van der Waals surface area contributed by atoms with Crippen molar-refractivity contribution in [3.05, 3.63) is 77.1 Å². The maximum Gasteiger partial charge on any atom is 0.233 e. The molecule has 0 spiro atoms. The fourth-order valence-electron chi connectivity index (χ4n) is 3.94. The van der Waals surface area contributed by atoms with E-state index in [-0.39, 0.29) is 23.9 Å². The van der Waals surface area contributed by atoms with Crippen LogP contribution in [-0.2, 0) is 4.79 Å². The van der Waals surface area contributed by atoms with E-state index in [0.717, 1.165) is 24.0 Å². The average molecular weight is 379 g/mol. The van der Waals surface area contributed by atoms with Crippen molar-refractivity contribution in [3.63, 3.8) is 0 Å². The minimum Gasteiger partial charge on any atom is -0.274 e. The van der Waals surface area contributed by atoms with Crippen LogP contribution >= 0.6 is 11.6 Å². The minimum atomic E-state index is -0.0859. The van der Waals surface area contributed by atoms with Gasteiger partial charge in [-0.2, -0.15) is 10.1 Å². The Morgan fingerprint density at radius 3 is 2.48 bits per heavy atom. The van der Waals surface area contributed by atoms with Crippen LogP contribution < -0.4 is 4.90 Å². The minimum absolute atomic E-state index is 0.0651. The molecule has 0 bridgehead atoms. The Morgan fingerprint density at radius 1 is 1.00 bits per heavy atom. The molecule has 2 aliphatic rings. The molecule has 6 heteroatoms. The molecular weight excluding hydrogens is 360 g/mol. The summed E-state index contributed by atoms with van der Waals surface area (Å²) in [5.74, 6) is 0.867. The van der Waals surface area contributed by atoms with Crippen molar-refractivity contribution in [1.29, 1.82) is 0 Å². The van der Waals surface area contributed by atoms with Crippen LogP contribution in [0.25, 0.3) is 0 Å². The van der Waals surface area contributed by atoms with Gasteiger partial charge in [0.15, 0.2) is 0 Å². The van der Waals surface area contributed by atoms with Crippen LogP contribution in [0.2, 0.25) is 5.02 Å². The Hall–Kier alpha value is -2.66. The Kier molecular flexibility index (Phi) is 3.97. The third kappa shape index (κ3) is 2.82. The third-order valence-electron chi connectivity index (χ3n) is 5.44. The summed E-state index contributed by atoms with van der Waals surface area (Å²) >= 11 is 6.50. The summed E-state index contributed by atoms with van der Waals surface area (Å²) in [6, 6.07) is 17.9. The second-order valence-electron chi connectivity index (χ2n) is 7.19. The molecule has 1 saturated carbocycles. The highest BCUT2D eigenvalue weighted by molar-refractivity contribution is 6.31. The summed E-state index contributed by atoms with van der Waals surface area (Å²) < 4.78 is 1.85. The van der Waals surface area contributed by atoms with Crippen molar-refractivity contribution in [2.75, 3.05) is 4.90 Å². The number of carbonyl (C=O) groups is 1. The molecular formula is C21H19ClN4O. The predicted octanol–water partition coefficient (Wildman–Crippen LogP) is 4.41. The maximum atomic E-state index is 13.1. The molecule has 0 radical (unpaired) electrons. The fourth-order valence-corrected chi connectivity index (χ4v) is 4.20. The number of rotatable bonds is 3. The molecule has 2 atom stereocenters. The van der Waals surface area contributed by atoms with Gasteiger partial charge in [-0.15, -0.1) is 0 Å². The first kappa shape index (κ1) is 16.5. The molecule has 0 N–H and O–H groups in total. The molecule has 1 aromatic heterocycles. The number of aromatic nitrogens is 3. The number of hydrogen-bond donors (Lipinski definition) is 0. The lowest BCUT2D eigenvalue weighted by Crippen LogP contribution is -2.43. The molecule has 5 nitrogen and oxygen atoms in total. The SMILES string of the molecule is O=C(C1CC1)N1c2ncnn2[C@H](c2ccccc2Cl)C[C@@H]1c1ccccc1. The van der Waals surface area contributed by atoms with Gasteiger partial charge in [-0.25, -0.2) is 4.68 Å². The molecule has 1 aliphatic carbocycles. The summed E-state index contributed by atoms with van der Waals surface area (Å²) in [5, 5.41) is 5.16. The standard InChI is InChI=1S/C21H19ClN4O/c22-17-9-5-4-8-16(17)19-12-18(14-6-2-1-3-7-14)25(20(27)15-10-11-15)21-23-13-24-26(19)21/h1-9,13,15,18-19H,10-12H2/t18-,19+/m1/s1. The molecule has 2 heterocycles. The monoisotopic (exact) mass is 378 g/mol. The zero-order valence-corrected chi connectivity index (χ0v) is 15.5. The number of nitrogens with zero attached hydrogens (tertiary/aromatic N) is 4. The third-order valence-corrected chi connectivity index (χ3v) is 5.78. The van der Waals surface area contributed by atoms with Gasteiger partial charge in [0.2, 0.25) is 11.9 Å². The van der Waals surface area contributed by atoms with E-state index in [4.69, 9.17) is 11.6 Å². The number of carbonyl (C=O) groups excluding carboxylic acids is 1. The van der Waals surface area contributed by atoms with E-state index < -0.39 is 0 Å². The van der Waals surface area contributed by atoms with Crippen molar-refractivity contribution in [3.8, 4) is 0 Å². The Morgan fingerprint density at radius 2 is 1.74 bits per heavy atom. The molecule has 136 valence electrons. The lowest BCUT2D eigenvalue weighted by molar-refractivity contribution is -0.120. The van der Waals surface area contributed by atoms with Gasteiger partial charge in [0, 0.05) is 10.9 Å². The molecule has 3 aromatic rings. The number of fused-ring (bicyclic) bond motifs is 1. The molecule has 1 amide bonds. The van der Waals surface area contributed by atoms with Crippen LogP contribution in [0.5, 0.6) is 0 Å². The normalized spacial score (nSPS) is 21.7. The second-order valence-corrected chi connectivity index (χ2v) is 7.59. The number of amides is 1. The second kappa shape index (κ2) is 6.50. The van der Waals surface area contributed by atoms with Crippen molar-refractivity contribution in [2.24, 2.45) is 5.92 Å². The van der Waals surface area contributed by atoms with E-state index in [0.29, 0.717) is 17.4 Å². The van der Waals surface area contributed by atoms with Gasteiger partial charge in [0.25, 0.3) is 0 Å². The van der Waals surface area contributed by atoms with E-state index in [1.165, 1.54) is 6.33 Å². The van der Waals surface area contributed by atoms with Gasteiger partial charge >= 0.3 is 0 Å². The van der Waals surface area contributed by atoms with Gasteiger partial charge in [0.1, 0.15) is 6.33 Å². The van der Waals surface area contributed by atoms with Crippen LogP contribution in [0.1, 0.15) is 42.5 Å². The zero-order chi connectivity index (χ0) is 18.4. The summed E-state index contributed by atoms with van der Waals surface area (Å²) in [6.07, 6.45) is 4.15. The summed E-state index contributed by atoms with van der Waals surface area (Å²) in [6.45, 7) is 0. The smallest absolute Gasteiger partial charge is 0.233 e. The van der Waals surface area contributed by atoms with Gasteiger partial charge in [0.05, 0.1) is 12.1 Å². The lowest BCUT2D eigenvalue weighted by Gasteiger charge is -2.39. The Labute approximate surface area is 162 Å². The average Bonchev–Trinajstić information content (AvgIpc) is 3.44. The van der Waals surface area contributed by atoms with Crippen LogP contribution in [0.4, 0.5) is 5.95 Å². The lowest BCUT2D eigenvalue weighted by atomic mass is 9.91. The first-order valence-corrected chi connectivity index (χ1v) is 9.64. The molecule has 0 unspecified atom stereocenters. The van der Waals surface area contributed by atoms with Gasteiger partial charge in [-0.05, 0) is 36.5 Å². The van der Waals surface area contributed by atoms with E-state index in [9.17, 15) is 4.79 Å². The van der Waals surface area contributed by atoms with E-state index in [1.54, 1.807) is 0 Å². The highest BCUT2D eigenvalue weighted by atomic mass is 35.5. The predicted molar refractivity (Wildman–Crippen MR) is 104 cm³/mol. The molecule has 0 saturated heterocycles. The first-order valence-electron chi connectivity index (χ1n) is 9.26. The highest BCUT2D eigenvalue weighted by Crippen LogP contribution is 2.45. The first-order chi connectivity index (χ1) is 13.2. The Bertz CT molecular complexity index is 983. The van der Waals surface area contributed by atoms with E-state index >= 15 is 0 Å². The highest BCUT2D eigenvalue weighted by Gasteiger charge is 2.44. The molecule has 2 aromatic carbocycles. The van der Waals surface area contributed by atoms with E-state index in [1.807, 2.05) is 52.0 Å². The topological polar surface area (TPSA) is 51.0 Å². The molecule has 1 aliphatic heterocycles. The quantitative estimate of drug-likeness (QED) is 0.678. The zero-order valence-electron chi connectivity index (χ0n) is 14.7. The number of hydrogen-bond acceptors (Lipinski definition) is 3. The van der Waals surface area contributed by atoms with Gasteiger partial charge in [-0.1, -0.05) is 60.1 Å². The van der Waals surface area contributed by atoms with Crippen LogP contribution in [0, 0.1) is 5.92 Å². The summed E-state index contributed by atoms with van der Waals surface area (Å²) in [4.78, 5) is 19.5. The maximum absolute atomic E-state index is 13.1. The van der Waals surface area contributed by atoms with Gasteiger partial charge in [-0.3, -0.25) is 9.69 Å². The van der Waals surface area contributed by atoms with Crippen LogP contribution in [0.15, 0.2) is 60.9 Å². The molecule has 27 heavy (non-hydrogen) atoms. The molecule has 5 rings (SSSR count). The number of benzene rings is 2. The summed E-state index contributed by atoms with van der Waals surface area (Å²) in [7, 11) is 0. The summed E-state index contributed by atoms with van der Waals surface area (Å²) in [5.41, 5.74) is 2.11. The van der Waals surface area contributed by atoms with Crippen molar-refractivity contribution < 1.29 is 4.79 Å². The molecule has 1 fully saturated rings. The van der Waals surface area contributed by atoms with Crippen LogP contribution in [-0.4, -0.2) is 20.7 Å². The Balaban J connectivity index is 1.65. The van der Waals surface area contributed by atoms with Crippen molar-refractivity contribution in [2.45, 2.75) is 31.3 Å². The number of halogens is 1. The van der Waals surface area contributed by atoms with Gasteiger partial charge < -0.3 is 0 Å². The van der Waals surface area contributed by atoms with E-state index in [2.05, 4.69) is 22.2 Å². The number of anilines is 1. The largest absolute Gasteiger partial charge is 0.274 e.